The fourth-order valence-corrected chi connectivity index (χ4v) is 3.23. The van der Waals surface area contributed by atoms with Crippen molar-refractivity contribution in [3.05, 3.63) is 29.8 Å². The van der Waals surface area contributed by atoms with Crippen LogP contribution in [0.2, 0.25) is 0 Å². The van der Waals surface area contributed by atoms with Crippen LogP contribution in [0, 0.1) is 0 Å². The molecule has 1 heterocycles. The maximum atomic E-state index is 9.95. The molecule has 0 amide bonds. The van der Waals surface area contributed by atoms with Crippen molar-refractivity contribution in [2.24, 2.45) is 0 Å². The maximum Gasteiger partial charge on any atom is 0.0668 e. The van der Waals surface area contributed by atoms with Crippen LogP contribution in [0.1, 0.15) is 25.3 Å². The van der Waals surface area contributed by atoms with Crippen LogP contribution in [-0.2, 0) is 0 Å². The Morgan fingerprint density at radius 2 is 2.08 bits per heavy atom. The fourth-order valence-electron chi connectivity index (χ4n) is 1.75. The lowest BCUT2D eigenvalue weighted by molar-refractivity contribution is 0.0578. The first-order valence-corrected chi connectivity index (χ1v) is 5.51. The van der Waals surface area contributed by atoms with E-state index in [9.17, 15) is 5.11 Å². The van der Waals surface area contributed by atoms with E-state index in [4.69, 9.17) is 0 Å². The van der Waals surface area contributed by atoms with E-state index in [-0.39, 0.29) is 5.92 Å². The van der Waals surface area contributed by atoms with Crippen molar-refractivity contribution in [2.45, 2.75) is 30.3 Å². The topological polar surface area (TPSA) is 20.2 Å². The van der Waals surface area contributed by atoms with Crippen molar-refractivity contribution < 1.29 is 5.11 Å². The van der Waals surface area contributed by atoms with Gasteiger partial charge in [-0.25, -0.2) is 0 Å². The number of rotatable bonds is 1. The summed E-state index contributed by atoms with van der Waals surface area (Å²) in [5.41, 5.74) is 0.708. The number of benzene rings is 1. The predicted octanol–water partition coefficient (Wildman–Crippen LogP) is 2.65. The van der Waals surface area contributed by atoms with E-state index in [1.165, 1.54) is 10.5 Å². The van der Waals surface area contributed by atoms with Crippen LogP contribution in [0.3, 0.4) is 0 Å². The Morgan fingerprint density at radius 1 is 1.38 bits per heavy atom. The number of hydrogen-bond acceptors (Lipinski definition) is 2. The van der Waals surface area contributed by atoms with Gasteiger partial charge >= 0.3 is 0 Å². The Hall–Kier alpha value is -0.470. The van der Waals surface area contributed by atoms with Gasteiger partial charge in [-0.2, -0.15) is 0 Å². The molecule has 1 aliphatic heterocycles. The average molecular weight is 194 g/mol. The molecular formula is C11H14OS. The highest BCUT2D eigenvalue weighted by Crippen LogP contribution is 2.44. The van der Waals surface area contributed by atoms with Gasteiger partial charge in [0.05, 0.1) is 5.60 Å². The van der Waals surface area contributed by atoms with E-state index in [1.54, 1.807) is 0 Å². The summed E-state index contributed by atoms with van der Waals surface area (Å²) < 4.78 is 0. The molecule has 1 N–H and O–H groups in total. The normalized spacial score (nSPS) is 21.6. The monoisotopic (exact) mass is 194 g/mol. The zero-order valence-corrected chi connectivity index (χ0v) is 8.77. The second-order valence-corrected chi connectivity index (χ2v) is 5.12. The predicted molar refractivity (Wildman–Crippen MR) is 56.2 cm³/mol. The van der Waals surface area contributed by atoms with Gasteiger partial charge < -0.3 is 5.11 Å². The van der Waals surface area contributed by atoms with E-state index in [0.717, 1.165) is 5.75 Å². The van der Waals surface area contributed by atoms with E-state index in [0.29, 0.717) is 0 Å². The van der Waals surface area contributed by atoms with Gasteiger partial charge in [-0.05, 0) is 25.5 Å². The molecular weight excluding hydrogens is 180 g/mol. The smallest absolute Gasteiger partial charge is 0.0668 e. The molecule has 0 spiro atoms. The molecule has 0 fully saturated rings. The Balaban J connectivity index is 2.39. The molecule has 2 rings (SSSR count). The highest BCUT2D eigenvalue weighted by Gasteiger charge is 2.33. The second kappa shape index (κ2) is 3.03. The second-order valence-electron chi connectivity index (χ2n) is 4.06. The van der Waals surface area contributed by atoms with Gasteiger partial charge in [-0.15, -0.1) is 11.8 Å². The van der Waals surface area contributed by atoms with Crippen molar-refractivity contribution in [1.82, 2.24) is 0 Å². The summed E-state index contributed by atoms with van der Waals surface area (Å²) in [5, 5.41) is 9.95. The Bertz CT molecular complexity index is 314. The molecule has 0 aliphatic carbocycles. The van der Waals surface area contributed by atoms with Gasteiger partial charge in [0.2, 0.25) is 0 Å². The third-order valence-corrected chi connectivity index (χ3v) is 3.74. The average Bonchev–Trinajstić information content (AvgIpc) is 2.45. The third kappa shape index (κ3) is 1.61. The molecule has 2 heteroatoms. The molecule has 1 aliphatic rings. The molecule has 1 aromatic rings. The Labute approximate surface area is 83.2 Å². The van der Waals surface area contributed by atoms with Crippen molar-refractivity contribution >= 4 is 11.8 Å². The third-order valence-electron chi connectivity index (χ3n) is 2.55. The molecule has 0 bridgehead atoms. The van der Waals surface area contributed by atoms with Crippen LogP contribution < -0.4 is 0 Å². The first-order chi connectivity index (χ1) is 6.09. The summed E-state index contributed by atoms with van der Waals surface area (Å²) in [6, 6.07) is 8.35. The number of hydrogen-bond donors (Lipinski definition) is 1. The van der Waals surface area contributed by atoms with E-state index in [1.807, 2.05) is 31.7 Å². The number of aliphatic hydroxyl groups is 1. The van der Waals surface area contributed by atoms with Crippen molar-refractivity contribution in [3.63, 3.8) is 0 Å². The SMILES string of the molecule is CC(C)(O)C1CSc2ccccc21. The summed E-state index contributed by atoms with van der Waals surface area (Å²) >= 11 is 1.84. The lowest BCUT2D eigenvalue weighted by Gasteiger charge is -2.25. The quantitative estimate of drug-likeness (QED) is 0.741. The zero-order valence-electron chi connectivity index (χ0n) is 7.95. The van der Waals surface area contributed by atoms with E-state index < -0.39 is 5.60 Å². The van der Waals surface area contributed by atoms with E-state index in [2.05, 4.69) is 18.2 Å². The minimum absolute atomic E-state index is 0.286. The Kier molecular flexibility index (Phi) is 2.12. The van der Waals surface area contributed by atoms with Crippen molar-refractivity contribution in [3.8, 4) is 0 Å². The standard InChI is InChI=1S/C11H14OS/c1-11(2,12)9-7-13-10-6-4-3-5-8(9)10/h3-6,9,12H,7H2,1-2H3. The molecule has 0 saturated carbocycles. The van der Waals surface area contributed by atoms with Crippen LogP contribution in [0.25, 0.3) is 0 Å². The number of fused-ring (bicyclic) bond motifs is 1. The number of thioether (sulfide) groups is 1. The van der Waals surface area contributed by atoms with E-state index >= 15 is 0 Å². The molecule has 1 aromatic carbocycles. The first kappa shape index (κ1) is 9.10. The van der Waals surface area contributed by atoms with Gasteiger partial charge in [0.25, 0.3) is 0 Å². The van der Waals surface area contributed by atoms with Crippen molar-refractivity contribution in [2.75, 3.05) is 5.75 Å². The van der Waals surface area contributed by atoms with Crippen LogP contribution in [0.4, 0.5) is 0 Å². The van der Waals surface area contributed by atoms with Gasteiger partial charge in [0.1, 0.15) is 0 Å². The molecule has 0 radical (unpaired) electrons. The van der Waals surface area contributed by atoms with Gasteiger partial charge in [-0.3, -0.25) is 0 Å². The van der Waals surface area contributed by atoms with Crippen LogP contribution >= 0.6 is 11.8 Å². The minimum Gasteiger partial charge on any atom is -0.390 e. The molecule has 0 saturated heterocycles. The lowest BCUT2D eigenvalue weighted by Crippen LogP contribution is -2.28. The summed E-state index contributed by atoms with van der Waals surface area (Å²) in [5.74, 6) is 1.29. The molecule has 1 unspecified atom stereocenters. The maximum absolute atomic E-state index is 9.95. The van der Waals surface area contributed by atoms with Crippen LogP contribution in [-0.4, -0.2) is 16.5 Å². The Morgan fingerprint density at radius 3 is 2.77 bits per heavy atom. The highest BCUT2D eigenvalue weighted by atomic mass is 32.2. The molecule has 0 aromatic heterocycles. The summed E-state index contributed by atoms with van der Waals surface area (Å²) in [7, 11) is 0. The fraction of sp³-hybridized carbons (Fsp3) is 0.455. The van der Waals surface area contributed by atoms with Crippen molar-refractivity contribution in [1.29, 1.82) is 0 Å². The zero-order chi connectivity index (χ0) is 9.47. The van der Waals surface area contributed by atoms with Gasteiger partial charge in [0, 0.05) is 16.6 Å². The van der Waals surface area contributed by atoms with Crippen LogP contribution in [0.15, 0.2) is 29.2 Å². The summed E-state index contributed by atoms with van der Waals surface area (Å²) in [6.07, 6.45) is 0. The molecule has 13 heavy (non-hydrogen) atoms. The highest BCUT2D eigenvalue weighted by molar-refractivity contribution is 7.99. The minimum atomic E-state index is -0.598. The largest absolute Gasteiger partial charge is 0.390 e. The van der Waals surface area contributed by atoms with Gasteiger partial charge in [0.15, 0.2) is 0 Å². The summed E-state index contributed by atoms with van der Waals surface area (Å²) in [4.78, 5) is 1.33. The molecule has 1 atom stereocenters. The van der Waals surface area contributed by atoms with Gasteiger partial charge in [-0.1, -0.05) is 18.2 Å². The molecule has 1 nitrogen and oxygen atoms in total. The lowest BCUT2D eigenvalue weighted by atomic mass is 9.87. The molecule has 70 valence electrons. The van der Waals surface area contributed by atoms with Crippen LogP contribution in [0.5, 0.6) is 0 Å². The summed E-state index contributed by atoms with van der Waals surface area (Å²) in [6.45, 7) is 3.78. The first-order valence-electron chi connectivity index (χ1n) is 4.53.